The van der Waals surface area contributed by atoms with Crippen LogP contribution in [0.5, 0.6) is 5.75 Å². The summed E-state index contributed by atoms with van der Waals surface area (Å²) in [5, 5.41) is 6.80. The van der Waals surface area contributed by atoms with Gasteiger partial charge in [0.25, 0.3) is 0 Å². The lowest BCUT2D eigenvalue weighted by molar-refractivity contribution is 0.131. The molecule has 1 aliphatic rings. The van der Waals surface area contributed by atoms with Crippen LogP contribution in [0.25, 0.3) is 0 Å². The first-order valence-electron chi connectivity index (χ1n) is 9.03. The predicted molar refractivity (Wildman–Crippen MR) is 103 cm³/mol. The van der Waals surface area contributed by atoms with E-state index in [1.165, 1.54) is 11.1 Å². The van der Waals surface area contributed by atoms with Crippen LogP contribution < -0.4 is 4.74 Å². The maximum absolute atomic E-state index is 5.65. The molecule has 0 aliphatic carbocycles. The van der Waals surface area contributed by atoms with Gasteiger partial charge in [-0.3, -0.25) is 9.91 Å². The van der Waals surface area contributed by atoms with Crippen LogP contribution in [0, 0.1) is 6.92 Å². The quantitative estimate of drug-likeness (QED) is 0.755. The van der Waals surface area contributed by atoms with Crippen LogP contribution in [0.2, 0.25) is 0 Å². The van der Waals surface area contributed by atoms with E-state index in [4.69, 9.17) is 4.74 Å². The molecule has 0 unspecified atom stereocenters. The molecule has 0 N–H and O–H groups in total. The Morgan fingerprint density at radius 1 is 1.00 bits per heavy atom. The summed E-state index contributed by atoms with van der Waals surface area (Å²) in [5.74, 6) is 0.895. The zero-order valence-electron chi connectivity index (χ0n) is 15.2. The highest BCUT2D eigenvalue weighted by Crippen LogP contribution is 2.16. The molecule has 0 spiro atoms. The van der Waals surface area contributed by atoms with Crippen LogP contribution in [0.15, 0.2) is 53.6 Å². The average Bonchev–Trinajstić information content (AvgIpc) is 2.64. The molecule has 0 radical (unpaired) electrons. The maximum atomic E-state index is 5.65. The molecule has 0 amide bonds. The lowest BCUT2D eigenvalue weighted by atomic mass is 10.1. The molecule has 2 aromatic rings. The van der Waals surface area contributed by atoms with Crippen molar-refractivity contribution in [3.05, 3.63) is 65.2 Å². The Bertz CT molecular complexity index is 689. The van der Waals surface area contributed by atoms with Crippen LogP contribution in [0.1, 0.15) is 23.6 Å². The number of rotatable bonds is 6. The van der Waals surface area contributed by atoms with Gasteiger partial charge in [-0.25, -0.2) is 0 Å². The molecule has 132 valence electrons. The van der Waals surface area contributed by atoms with Crippen molar-refractivity contribution in [3.63, 3.8) is 0 Å². The molecule has 1 saturated heterocycles. The standard InChI is InChI=1S/C21H27N3O/c1-3-25-21-7-5-4-6-20(21)16-22-24-14-12-23(13-15-24)17-19-10-8-18(2)9-11-19/h4-11,16H,3,12-15,17H2,1-2H3. The van der Waals surface area contributed by atoms with Gasteiger partial charge in [0, 0.05) is 38.3 Å². The predicted octanol–water partition coefficient (Wildman–Crippen LogP) is 3.55. The van der Waals surface area contributed by atoms with E-state index in [1.54, 1.807) is 0 Å². The Labute approximate surface area is 150 Å². The van der Waals surface area contributed by atoms with Gasteiger partial charge >= 0.3 is 0 Å². The summed E-state index contributed by atoms with van der Waals surface area (Å²) in [4.78, 5) is 2.49. The minimum atomic E-state index is 0.669. The second-order valence-electron chi connectivity index (χ2n) is 6.43. The highest BCUT2D eigenvalue weighted by molar-refractivity contribution is 5.83. The number of ether oxygens (including phenoxy) is 1. The van der Waals surface area contributed by atoms with Crippen molar-refractivity contribution < 1.29 is 4.74 Å². The van der Waals surface area contributed by atoms with Crippen molar-refractivity contribution in [2.45, 2.75) is 20.4 Å². The fraction of sp³-hybridized carbons (Fsp3) is 0.381. The van der Waals surface area contributed by atoms with Gasteiger partial charge in [-0.05, 0) is 31.5 Å². The second-order valence-corrected chi connectivity index (χ2v) is 6.43. The summed E-state index contributed by atoms with van der Waals surface area (Å²) in [6.07, 6.45) is 1.92. The molecule has 1 fully saturated rings. The largest absolute Gasteiger partial charge is 0.493 e. The van der Waals surface area contributed by atoms with Gasteiger partial charge < -0.3 is 4.74 Å². The first-order valence-corrected chi connectivity index (χ1v) is 9.03. The van der Waals surface area contributed by atoms with E-state index < -0.39 is 0 Å². The Kier molecular flexibility index (Phi) is 6.07. The van der Waals surface area contributed by atoms with Gasteiger partial charge in [0.15, 0.2) is 0 Å². The van der Waals surface area contributed by atoms with E-state index in [2.05, 4.69) is 46.2 Å². The van der Waals surface area contributed by atoms with Gasteiger partial charge in [0.05, 0.1) is 12.8 Å². The molecule has 0 bridgehead atoms. The monoisotopic (exact) mass is 337 g/mol. The molecule has 4 heteroatoms. The molecule has 4 nitrogen and oxygen atoms in total. The average molecular weight is 337 g/mol. The molecule has 3 rings (SSSR count). The topological polar surface area (TPSA) is 28.1 Å². The molecule has 25 heavy (non-hydrogen) atoms. The third-order valence-corrected chi connectivity index (χ3v) is 4.45. The summed E-state index contributed by atoms with van der Waals surface area (Å²) in [7, 11) is 0. The number of piperazine rings is 1. The molecule has 1 aliphatic heterocycles. The number of benzene rings is 2. The van der Waals surface area contributed by atoms with E-state index in [-0.39, 0.29) is 0 Å². The minimum Gasteiger partial charge on any atom is -0.493 e. The van der Waals surface area contributed by atoms with Gasteiger partial charge in [0.1, 0.15) is 5.75 Å². The summed E-state index contributed by atoms with van der Waals surface area (Å²) in [5.41, 5.74) is 3.73. The zero-order valence-corrected chi connectivity index (χ0v) is 15.2. The van der Waals surface area contributed by atoms with Gasteiger partial charge in [-0.2, -0.15) is 5.10 Å². The number of hydrogen-bond donors (Lipinski definition) is 0. The van der Waals surface area contributed by atoms with E-state index in [9.17, 15) is 0 Å². The van der Waals surface area contributed by atoms with Crippen molar-refractivity contribution in [3.8, 4) is 5.75 Å². The fourth-order valence-corrected chi connectivity index (χ4v) is 2.98. The molecule has 1 heterocycles. The molecule has 2 aromatic carbocycles. The Morgan fingerprint density at radius 3 is 2.44 bits per heavy atom. The van der Waals surface area contributed by atoms with Crippen molar-refractivity contribution in [2.75, 3.05) is 32.8 Å². The Hall–Kier alpha value is -2.33. The van der Waals surface area contributed by atoms with E-state index in [0.29, 0.717) is 6.61 Å². The summed E-state index contributed by atoms with van der Waals surface area (Å²) < 4.78 is 5.65. The van der Waals surface area contributed by atoms with Crippen LogP contribution in [0.4, 0.5) is 0 Å². The van der Waals surface area contributed by atoms with E-state index in [1.807, 2.05) is 37.4 Å². The smallest absolute Gasteiger partial charge is 0.128 e. The van der Waals surface area contributed by atoms with Crippen LogP contribution >= 0.6 is 0 Å². The van der Waals surface area contributed by atoms with Crippen molar-refractivity contribution in [1.82, 2.24) is 9.91 Å². The molecular weight excluding hydrogens is 310 g/mol. The Morgan fingerprint density at radius 2 is 1.72 bits per heavy atom. The summed E-state index contributed by atoms with van der Waals surface area (Å²) >= 11 is 0. The first-order chi connectivity index (χ1) is 12.2. The normalized spacial score (nSPS) is 15.7. The lowest BCUT2D eigenvalue weighted by Gasteiger charge is -2.33. The van der Waals surface area contributed by atoms with E-state index >= 15 is 0 Å². The minimum absolute atomic E-state index is 0.669. The van der Waals surface area contributed by atoms with Gasteiger partial charge in [-0.15, -0.1) is 0 Å². The van der Waals surface area contributed by atoms with Crippen LogP contribution in [-0.4, -0.2) is 48.9 Å². The van der Waals surface area contributed by atoms with Crippen molar-refractivity contribution in [1.29, 1.82) is 0 Å². The van der Waals surface area contributed by atoms with E-state index in [0.717, 1.165) is 44.0 Å². The zero-order chi connectivity index (χ0) is 17.5. The highest BCUT2D eigenvalue weighted by atomic mass is 16.5. The van der Waals surface area contributed by atoms with Gasteiger partial charge in [0.2, 0.25) is 0 Å². The lowest BCUT2D eigenvalue weighted by Crippen LogP contribution is -2.43. The van der Waals surface area contributed by atoms with Crippen LogP contribution in [-0.2, 0) is 6.54 Å². The van der Waals surface area contributed by atoms with Crippen LogP contribution in [0.3, 0.4) is 0 Å². The summed E-state index contributed by atoms with van der Waals surface area (Å²) in [6.45, 7) is 9.81. The van der Waals surface area contributed by atoms with Crippen molar-refractivity contribution >= 4 is 6.21 Å². The summed E-state index contributed by atoms with van der Waals surface area (Å²) in [6, 6.07) is 16.9. The number of hydrazone groups is 1. The highest BCUT2D eigenvalue weighted by Gasteiger charge is 2.15. The third kappa shape index (κ3) is 5.07. The molecular formula is C21H27N3O. The van der Waals surface area contributed by atoms with Crippen molar-refractivity contribution in [2.24, 2.45) is 5.10 Å². The second kappa shape index (κ2) is 8.67. The first kappa shape index (κ1) is 17.5. The third-order valence-electron chi connectivity index (χ3n) is 4.45. The molecule has 0 atom stereocenters. The molecule has 0 saturated carbocycles. The Balaban J connectivity index is 1.51. The number of nitrogens with zero attached hydrogens (tertiary/aromatic N) is 3. The van der Waals surface area contributed by atoms with Gasteiger partial charge in [-0.1, -0.05) is 42.0 Å². The number of hydrogen-bond acceptors (Lipinski definition) is 4. The SMILES string of the molecule is CCOc1ccccc1C=NN1CCN(Cc2ccc(C)cc2)CC1. The fourth-order valence-electron chi connectivity index (χ4n) is 2.98. The number of aryl methyl sites for hydroxylation is 1. The molecule has 0 aromatic heterocycles. The maximum Gasteiger partial charge on any atom is 0.128 e. The number of para-hydroxylation sites is 1.